The highest BCUT2D eigenvalue weighted by Crippen LogP contribution is 2.21. The average molecular weight is 287 g/mol. The average Bonchev–Trinajstić information content (AvgIpc) is 3.07. The Morgan fingerprint density at radius 3 is 2.60 bits per heavy atom. The van der Waals surface area contributed by atoms with Gasteiger partial charge in [-0.05, 0) is 29.5 Å². The molecular formula is C12H13N7S. The number of aryl methyl sites for hydroxylation is 1. The van der Waals surface area contributed by atoms with Crippen LogP contribution in [0.25, 0.3) is 5.69 Å². The summed E-state index contributed by atoms with van der Waals surface area (Å²) in [5.41, 5.74) is 0.939. The highest BCUT2D eigenvalue weighted by Gasteiger charge is 2.11. The molecule has 0 aliphatic carbocycles. The fraction of sp³-hybridized carbons (Fsp3) is 0.250. The van der Waals surface area contributed by atoms with Crippen LogP contribution < -0.4 is 0 Å². The van der Waals surface area contributed by atoms with E-state index in [2.05, 4.69) is 25.7 Å². The molecule has 0 saturated carbocycles. The van der Waals surface area contributed by atoms with E-state index in [1.165, 1.54) is 11.8 Å². The van der Waals surface area contributed by atoms with Crippen LogP contribution in [0.1, 0.15) is 11.6 Å². The maximum Gasteiger partial charge on any atom is 0.214 e. The first-order valence-electron chi connectivity index (χ1n) is 6.07. The van der Waals surface area contributed by atoms with Crippen molar-refractivity contribution in [2.24, 2.45) is 7.05 Å². The molecule has 0 saturated heterocycles. The number of aromatic nitrogens is 7. The summed E-state index contributed by atoms with van der Waals surface area (Å²) in [7, 11) is 1.95. The molecule has 3 aromatic rings. The summed E-state index contributed by atoms with van der Waals surface area (Å²) < 4.78 is 3.68. The third-order valence-electron chi connectivity index (χ3n) is 2.95. The van der Waals surface area contributed by atoms with Crippen molar-refractivity contribution in [3.05, 3.63) is 42.0 Å². The summed E-state index contributed by atoms with van der Waals surface area (Å²) in [5.74, 6) is 2.46. The number of thioether (sulfide) groups is 1. The molecule has 0 spiro atoms. The molecule has 1 aromatic carbocycles. The standard InChI is InChI=1S/C12H13N7S/c1-9-13-14-11(18(9)2)8-20-12-15-16-17-19(12)10-6-4-3-5-7-10/h3-7H,8H2,1-2H3. The molecule has 2 heterocycles. The van der Waals surface area contributed by atoms with Crippen LogP contribution in [0, 0.1) is 6.92 Å². The molecule has 0 unspecified atom stereocenters. The van der Waals surface area contributed by atoms with Gasteiger partial charge in [0.2, 0.25) is 5.16 Å². The lowest BCUT2D eigenvalue weighted by Gasteiger charge is -2.04. The molecule has 102 valence electrons. The van der Waals surface area contributed by atoms with E-state index in [1.807, 2.05) is 48.9 Å². The van der Waals surface area contributed by atoms with E-state index in [4.69, 9.17) is 0 Å². The summed E-state index contributed by atoms with van der Waals surface area (Å²) in [6, 6.07) is 9.80. The first-order valence-corrected chi connectivity index (χ1v) is 7.06. The van der Waals surface area contributed by atoms with Crippen molar-refractivity contribution in [3.8, 4) is 5.69 Å². The van der Waals surface area contributed by atoms with Gasteiger partial charge in [0, 0.05) is 7.05 Å². The highest BCUT2D eigenvalue weighted by atomic mass is 32.2. The number of hydrogen-bond acceptors (Lipinski definition) is 6. The molecule has 0 bridgehead atoms. The quantitative estimate of drug-likeness (QED) is 0.675. The summed E-state index contributed by atoms with van der Waals surface area (Å²) in [6.45, 7) is 1.93. The molecule has 0 aliphatic rings. The minimum atomic E-state index is 0.671. The van der Waals surface area contributed by atoms with Gasteiger partial charge in [-0.25, -0.2) is 0 Å². The van der Waals surface area contributed by atoms with Gasteiger partial charge in [0.25, 0.3) is 0 Å². The molecule has 2 aromatic heterocycles. The Hall–Kier alpha value is -2.22. The second-order valence-electron chi connectivity index (χ2n) is 4.22. The van der Waals surface area contributed by atoms with Crippen molar-refractivity contribution in [1.82, 2.24) is 35.0 Å². The van der Waals surface area contributed by atoms with E-state index in [9.17, 15) is 0 Å². The molecule has 8 heteroatoms. The van der Waals surface area contributed by atoms with Crippen molar-refractivity contribution in [2.75, 3.05) is 0 Å². The van der Waals surface area contributed by atoms with Crippen LogP contribution in [0.5, 0.6) is 0 Å². The smallest absolute Gasteiger partial charge is 0.214 e. The van der Waals surface area contributed by atoms with Crippen LogP contribution in [0.2, 0.25) is 0 Å². The van der Waals surface area contributed by atoms with Gasteiger partial charge in [0.05, 0.1) is 11.4 Å². The van der Waals surface area contributed by atoms with E-state index in [0.717, 1.165) is 22.5 Å². The van der Waals surface area contributed by atoms with Crippen molar-refractivity contribution in [3.63, 3.8) is 0 Å². The summed E-state index contributed by atoms with van der Waals surface area (Å²) in [6.07, 6.45) is 0. The fourth-order valence-corrected chi connectivity index (χ4v) is 2.57. The zero-order valence-corrected chi connectivity index (χ0v) is 11.9. The maximum absolute atomic E-state index is 4.13. The summed E-state index contributed by atoms with van der Waals surface area (Å²) in [5, 5.41) is 20.7. The number of rotatable bonds is 4. The Bertz CT molecular complexity index is 704. The molecule has 0 amide bonds. The van der Waals surface area contributed by atoms with Gasteiger partial charge in [-0.15, -0.1) is 15.3 Å². The summed E-state index contributed by atoms with van der Waals surface area (Å²) >= 11 is 1.53. The van der Waals surface area contributed by atoms with Crippen LogP contribution in [0.15, 0.2) is 35.5 Å². The number of nitrogens with zero attached hydrogens (tertiary/aromatic N) is 7. The van der Waals surface area contributed by atoms with E-state index in [-0.39, 0.29) is 0 Å². The molecule has 0 aliphatic heterocycles. The lowest BCUT2D eigenvalue weighted by molar-refractivity contribution is 0.755. The Morgan fingerprint density at radius 1 is 1.10 bits per heavy atom. The molecule has 0 atom stereocenters. The molecule has 0 fully saturated rings. The van der Waals surface area contributed by atoms with Gasteiger partial charge >= 0.3 is 0 Å². The first kappa shape index (κ1) is 12.8. The first-order chi connectivity index (χ1) is 9.75. The molecule has 0 radical (unpaired) electrons. The largest absolute Gasteiger partial charge is 0.318 e. The van der Waals surface area contributed by atoms with E-state index in [0.29, 0.717) is 5.75 Å². The van der Waals surface area contributed by atoms with E-state index < -0.39 is 0 Å². The Labute approximate surface area is 120 Å². The van der Waals surface area contributed by atoms with Crippen molar-refractivity contribution in [2.45, 2.75) is 17.8 Å². The van der Waals surface area contributed by atoms with Gasteiger partial charge in [-0.2, -0.15) is 4.68 Å². The van der Waals surface area contributed by atoms with E-state index in [1.54, 1.807) is 4.68 Å². The van der Waals surface area contributed by atoms with Crippen LogP contribution in [0.4, 0.5) is 0 Å². The van der Waals surface area contributed by atoms with Gasteiger partial charge in [-0.3, -0.25) is 0 Å². The third kappa shape index (κ3) is 2.42. The zero-order valence-electron chi connectivity index (χ0n) is 11.1. The predicted octanol–water partition coefficient (Wildman–Crippen LogP) is 1.39. The van der Waals surface area contributed by atoms with E-state index >= 15 is 0 Å². The number of benzene rings is 1. The fourth-order valence-electron chi connectivity index (χ4n) is 1.71. The molecule has 20 heavy (non-hydrogen) atoms. The second-order valence-corrected chi connectivity index (χ2v) is 5.16. The maximum atomic E-state index is 4.13. The second kappa shape index (κ2) is 5.41. The predicted molar refractivity (Wildman–Crippen MR) is 74.5 cm³/mol. The Kier molecular flexibility index (Phi) is 3.46. The van der Waals surface area contributed by atoms with Crippen molar-refractivity contribution in [1.29, 1.82) is 0 Å². The molecule has 3 rings (SSSR count). The lowest BCUT2D eigenvalue weighted by atomic mass is 10.3. The van der Waals surface area contributed by atoms with Gasteiger partial charge < -0.3 is 4.57 Å². The summed E-state index contributed by atoms with van der Waals surface area (Å²) in [4.78, 5) is 0. The topological polar surface area (TPSA) is 74.3 Å². The van der Waals surface area contributed by atoms with Gasteiger partial charge in [-0.1, -0.05) is 30.0 Å². The highest BCUT2D eigenvalue weighted by molar-refractivity contribution is 7.98. The van der Waals surface area contributed by atoms with Crippen LogP contribution >= 0.6 is 11.8 Å². The monoisotopic (exact) mass is 287 g/mol. The molecular weight excluding hydrogens is 274 g/mol. The van der Waals surface area contributed by atoms with Crippen LogP contribution in [0.3, 0.4) is 0 Å². The Morgan fingerprint density at radius 2 is 1.90 bits per heavy atom. The van der Waals surface area contributed by atoms with Crippen molar-refractivity contribution >= 4 is 11.8 Å². The normalized spacial score (nSPS) is 10.9. The third-order valence-corrected chi connectivity index (χ3v) is 3.87. The number of tetrazole rings is 1. The SMILES string of the molecule is Cc1nnc(CSc2nnnn2-c2ccccc2)n1C. The molecule has 0 N–H and O–H groups in total. The van der Waals surface area contributed by atoms with Crippen LogP contribution in [-0.4, -0.2) is 35.0 Å². The van der Waals surface area contributed by atoms with Crippen molar-refractivity contribution < 1.29 is 0 Å². The van der Waals surface area contributed by atoms with Gasteiger partial charge in [0.1, 0.15) is 11.6 Å². The lowest BCUT2D eigenvalue weighted by Crippen LogP contribution is -2.01. The minimum Gasteiger partial charge on any atom is -0.318 e. The van der Waals surface area contributed by atoms with Gasteiger partial charge in [0.15, 0.2) is 0 Å². The number of para-hydroxylation sites is 1. The number of hydrogen-bond donors (Lipinski definition) is 0. The minimum absolute atomic E-state index is 0.671. The molecule has 7 nitrogen and oxygen atoms in total. The van der Waals surface area contributed by atoms with Crippen LogP contribution in [-0.2, 0) is 12.8 Å². The Balaban J connectivity index is 1.79. The zero-order chi connectivity index (χ0) is 13.9.